The SMILES string of the molecule is C=CCN(Cc1ccc(Cl)s1)C(=O)c1ccc(Br)o1. The van der Waals surface area contributed by atoms with Crippen molar-refractivity contribution >= 4 is 44.8 Å². The largest absolute Gasteiger partial charge is 0.444 e. The second-order valence-corrected chi connectivity index (χ2v) is 6.37. The summed E-state index contributed by atoms with van der Waals surface area (Å²) in [6.07, 6.45) is 1.69. The molecule has 6 heteroatoms. The van der Waals surface area contributed by atoms with Gasteiger partial charge in [-0.15, -0.1) is 17.9 Å². The van der Waals surface area contributed by atoms with E-state index in [-0.39, 0.29) is 5.91 Å². The molecule has 2 aromatic heterocycles. The average Bonchev–Trinajstić information content (AvgIpc) is 2.97. The van der Waals surface area contributed by atoms with Crippen LogP contribution in [0.2, 0.25) is 4.34 Å². The number of hydrogen-bond acceptors (Lipinski definition) is 3. The first-order valence-electron chi connectivity index (χ1n) is 5.50. The Hall–Kier alpha value is -1.04. The molecule has 0 aromatic carbocycles. The highest BCUT2D eigenvalue weighted by molar-refractivity contribution is 9.10. The second kappa shape index (κ2) is 6.41. The minimum Gasteiger partial charge on any atom is -0.444 e. The van der Waals surface area contributed by atoms with Gasteiger partial charge >= 0.3 is 0 Å². The van der Waals surface area contributed by atoms with Gasteiger partial charge < -0.3 is 9.32 Å². The molecule has 2 heterocycles. The van der Waals surface area contributed by atoms with Gasteiger partial charge in [-0.1, -0.05) is 17.7 Å². The molecular formula is C13H11BrClNO2S. The summed E-state index contributed by atoms with van der Waals surface area (Å²) in [7, 11) is 0. The zero-order valence-electron chi connectivity index (χ0n) is 9.94. The zero-order valence-corrected chi connectivity index (χ0v) is 13.1. The monoisotopic (exact) mass is 359 g/mol. The summed E-state index contributed by atoms with van der Waals surface area (Å²) in [5, 5.41) is 0. The van der Waals surface area contributed by atoms with Gasteiger partial charge in [-0.2, -0.15) is 0 Å². The molecule has 0 saturated heterocycles. The molecule has 0 N–H and O–H groups in total. The van der Waals surface area contributed by atoms with E-state index < -0.39 is 0 Å². The molecule has 0 unspecified atom stereocenters. The standard InChI is InChI=1S/C13H11BrClNO2S/c1-2-7-16(8-9-3-6-12(15)19-9)13(17)10-4-5-11(14)18-10/h2-6H,1,7-8H2. The molecule has 19 heavy (non-hydrogen) atoms. The molecule has 0 saturated carbocycles. The maximum absolute atomic E-state index is 12.3. The number of amides is 1. The smallest absolute Gasteiger partial charge is 0.290 e. The van der Waals surface area contributed by atoms with Gasteiger partial charge in [0.2, 0.25) is 0 Å². The van der Waals surface area contributed by atoms with Crippen LogP contribution >= 0.6 is 38.9 Å². The normalized spacial score (nSPS) is 10.4. The van der Waals surface area contributed by atoms with E-state index in [4.69, 9.17) is 16.0 Å². The van der Waals surface area contributed by atoms with Crippen molar-refractivity contribution in [3.63, 3.8) is 0 Å². The van der Waals surface area contributed by atoms with E-state index in [1.165, 1.54) is 11.3 Å². The third-order valence-corrected chi connectivity index (χ3v) is 4.04. The average molecular weight is 361 g/mol. The fourth-order valence-corrected chi connectivity index (χ4v) is 2.99. The Bertz CT molecular complexity index is 593. The Labute approximate surface area is 128 Å². The van der Waals surface area contributed by atoms with Crippen molar-refractivity contribution in [1.82, 2.24) is 4.90 Å². The Kier molecular flexibility index (Phi) is 4.85. The van der Waals surface area contributed by atoms with Crippen LogP contribution in [0.3, 0.4) is 0 Å². The first-order chi connectivity index (χ1) is 9.10. The maximum Gasteiger partial charge on any atom is 0.290 e. The molecule has 0 aliphatic heterocycles. The van der Waals surface area contributed by atoms with E-state index in [1.807, 2.05) is 12.1 Å². The molecule has 3 nitrogen and oxygen atoms in total. The van der Waals surface area contributed by atoms with Crippen LogP contribution in [0.15, 0.2) is 46.0 Å². The Balaban J connectivity index is 2.15. The van der Waals surface area contributed by atoms with Crippen molar-refractivity contribution in [2.45, 2.75) is 6.54 Å². The van der Waals surface area contributed by atoms with Gasteiger partial charge in [-0.25, -0.2) is 0 Å². The fraction of sp³-hybridized carbons (Fsp3) is 0.154. The van der Waals surface area contributed by atoms with Crippen molar-refractivity contribution in [3.05, 3.63) is 56.6 Å². The van der Waals surface area contributed by atoms with Crippen LogP contribution in [0, 0.1) is 0 Å². The van der Waals surface area contributed by atoms with Crippen LogP contribution in [-0.2, 0) is 6.54 Å². The highest BCUT2D eigenvalue weighted by Crippen LogP contribution is 2.24. The van der Waals surface area contributed by atoms with Crippen LogP contribution in [0.5, 0.6) is 0 Å². The van der Waals surface area contributed by atoms with Crippen LogP contribution in [0.4, 0.5) is 0 Å². The molecule has 0 aliphatic rings. The third-order valence-electron chi connectivity index (χ3n) is 2.40. The molecule has 2 aromatic rings. The summed E-state index contributed by atoms with van der Waals surface area (Å²) in [6.45, 7) is 4.61. The number of carbonyl (C=O) groups excluding carboxylic acids is 1. The maximum atomic E-state index is 12.3. The van der Waals surface area contributed by atoms with E-state index in [0.717, 1.165) is 4.88 Å². The van der Waals surface area contributed by atoms with Crippen LogP contribution in [0.1, 0.15) is 15.4 Å². The van der Waals surface area contributed by atoms with Gasteiger partial charge in [0.15, 0.2) is 10.4 Å². The second-order valence-electron chi connectivity index (χ2n) is 3.78. The minimum atomic E-state index is -0.171. The van der Waals surface area contributed by atoms with Gasteiger partial charge in [0.25, 0.3) is 5.91 Å². The fourth-order valence-electron chi connectivity index (χ4n) is 1.59. The van der Waals surface area contributed by atoms with E-state index >= 15 is 0 Å². The molecule has 0 spiro atoms. The number of furan rings is 1. The minimum absolute atomic E-state index is 0.171. The molecule has 100 valence electrons. The van der Waals surface area contributed by atoms with E-state index in [9.17, 15) is 4.79 Å². The van der Waals surface area contributed by atoms with Crippen molar-refractivity contribution in [1.29, 1.82) is 0 Å². The predicted octanol–water partition coefficient (Wildman–Crippen LogP) is 4.59. The summed E-state index contributed by atoms with van der Waals surface area (Å²) >= 11 is 10.5. The summed E-state index contributed by atoms with van der Waals surface area (Å²) in [5.41, 5.74) is 0. The highest BCUT2D eigenvalue weighted by Gasteiger charge is 2.19. The van der Waals surface area contributed by atoms with E-state index in [2.05, 4.69) is 22.5 Å². The molecule has 0 aliphatic carbocycles. The number of thiophene rings is 1. The molecular weight excluding hydrogens is 350 g/mol. The van der Waals surface area contributed by atoms with Crippen molar-refractivity contribution in [2.75, 3.05) is 6.54 Å². The van der Waals surface area contributed by atoms with Gasteiger partial charge in [-0.05, 0) is 40.2 Å². The van der Waals surface area contributed by atoms with Crippen LogP contribution < -0.4 is 0 Å². The third kappa shape index (κ3) is 3.72. The van der Waals surface area contributed by atoms with Crippen molar-refractivity contribution in [2.24, 2.45) is 0 Å². The predicted molar refractivity (Wildman–Crippen MR) is 80.7 cm³/mol. The lowest BCUT2D eigenvalue weighted by Gasteiger charge is -2.18. The van der Waals surface area contributed by atoms with Crippen molar-refractivity contribution in [3.8, 4) is 0 Å². The van der Waals surface area contributed by atoms with Gasteiger partial charge in [0.1, 0.15) is 0 Å². The summed E-state index contributed by atoms with van der Waals surface area (Å²) in [6, 6.07) is 7.07. The van der Waals surface area contributed by atoms with Gasteiger partial charge in [0, 0.05) is 11.4 Å². The zero-order chi connectivity index (χ0) is 13.8. The summed E-state index contributed by atoms with van der Waals surface area (Å²) in [4.78, 5) is 15.0. The lowest BCUT2D eigenvalue weighted by atomic mass is 10.3. The molecule has 2 rings (SSSR count). The van der Waals surface area contributed by atoms with Crippen LogP contribution in [-0.4, -0.2) is 17.4 Å². The first kappa shape index (κ1) is 14.4. The topological polar surface area (TPSA) is 33.5 Å². The van der Waals surface area contributed by atoms with Crippen LogP contribution in [0.25, 0.3) is 0 Å². The number of nitrogens with zero attached hydrogens (tertiary/aromatic N) is 1. The Morgan fingerprint density at radius 1 is 1.47 bits per heavy atom. The van der Waals surface area contributed by atoms with Gasteiger partial charge in [-0.3, -0.25) is 4.79 Å². The summed E-state index contributed by atoms with van der Waals surface area (Å²) in [5.74, 6) is 0.131. The molecule has 0 bridgehead atoms. The van der Waals surface area contributed by atoms with Crippen molar-refractivity contribution < 1.29 is 9.21 Å². The number of hydrogen-bond donors (Lipinski definition) is 0. The Morgan fingerprint density at radius 3 is 2.79 bits per heavy atom. The molecule has 1 amide bonds. The number of halogens is 2. The molecule has 0 radical (unpaired) electrons. The molecule has 0 fully saturated rings. The quantitative estimate of drug-likeness (QED) is 0.731. The number of rotatable bonds is 5. The highest BCUT2D eigenvalue weighted by atomic mass is 79.9. The number of carbonyl (C=O) groups is 1. The van der Waals surface area contributed by atoms with Gasteiger partial charge in [0.05, 0.1) is 10.9 Å². The lowest BCUT2D eigenvalue weighted by molar-refractivity contribution is 0.0731. The van der Waals surface area contributed by atoms with E-state index in [1.54, 1.807) is 23.1 Å². The summed E-state index contributed by atoms with van der Waals surface area (Å²) < 4.78 is 6.53. The lowest BCUT2D eigenvalue weighted by Crippen LogP contribution is -2.30. The molecule has 0 atom stereocenters. The van der Waals surface area contributed by atoms with E-state index in [0.29, 0.717) is 27.9 Å². The first-order valence-corrected chi connectivity index (χ1v) is 7.48. The Morgan fingerprint density at radius 2 is 2.26 bits per heavy atom.